The zero-order valence-corrected chi connectivity index (χ0v) is 20.7. The Hall–Kier alpha value is -2.32. The molecule has 0 saturated heterocycles. The summed E-state index contributed by atoms with van der Waals surface area (Å²) in [6, 6.07) is 13.2. The van der Waals surface area contributed by atoms with E-state index in [1.54, 1.807) is 24.3 Å². The Balaban J connectivity index is 1.66. The summed E-state index contributed by atoms with van der Waals surface area (Å²) in [7, 11) is 0. The first kappa shape index (κ1) is 23.3. The molecule has 3 rings (SSSR count). The first-order valence-electron chi connectivity index (χ1n) is 8.64. The van der Waals surface area contributed by atoms with Gasteiger partial charge in [-0.1, -0.05) is 23.7 Å². The molecule has 1 heterocycles. The van der Waals surface area contributed by atoms with Crippen LogP contribution in [0.1, 0.15) is 21.5 Å². The van der Waals surface area contributed by atoms with Gasteiger partial charge in [-0.2, -0.15) is 5.10 Å². The summed E-state index contributed by atoms with van der Waals surface area (Å²) in [4.78, 5) is 26.4. The van der Waals surface area contributed by atoms with Crippen LogP contribution in [-0.4, -0.2) is 22.0 Å². The van der Waals surface area contributed by atoms with Gasteiger partial charge in [-0.25, -0.2) is 10.4 Å². The van der Waals surface area contributed by atoms with Crippen LogP contribution < -0.4 is 10.2 Å². The standard InChI is InChI=1S/C20H13ClI2N4O4/c21-19-15(5-2-6-24-19)20(28)26-25-10-13-8-16(22)18(17(23)9-13)31-11-12-3-1-4-14(7-12)27(29)30/h1-10H,11H2,(H,26,28). The summed E-state index contributed by atoms with van der Waals surface area (Å²) in [5.74, 6) is 0.201. The van der Waals surface area contributed by atoms with Gasteiger partial charge in [-0.05, 0) is 80.6 Å². The Morgan fingerprint density at radius 3 is 2.65 bits per heavy atom. The molecule has 0 aliphatic heterocycles. The number of aromatic nitrogens is 1. The number of hydrogen-bond acceptors (Lipinski definition) is 6. The number of halogens is 3. The number of amides is 1. The number of benzene rings is 2. The minimum absolute atomic E-state index is 0.0201. The number of carbonyl (C=O) groups is 1. The number of hydrogen-bond donors (Lipinski definition) is 1. The quantitative estimate of drug-likeness (QED) is 0.123. The largest absolute Gasteiger partial charge is 0.487 e. The average molecular weight is 663 g/mol. The number of hydrazone groups is 1. The summed E-state index contributed by atoms with van der Waals surface area (Å²) in [6.45, 7) is 0.197. The van der Waals surface area contributed by atoms with Crippen LogP contribution in [-0.2, 0) is 6.61 Å². The molecule has 0 aliphatic rings. The summed E-state index contributed by atoms with van der Waals surface area (Å²) in [5, 5.41) is 15.0. The van der Waals surface area contributed by atoms with E-state index < -0.39 is 10.8 Å². The van der Waals surface area contributed by atoms with Crippen molar-refractivity contribution in [1.82, 2.24) is 10.4 Å². The van der Waals surface area contributed by atoms with Gasteiger partial charge < -0.3 is 4.74 Å². The third kappa shape index (κ3) is 6.33. The van der Waals surface area contributed by atoms with E-state index in [0.717, 1.165) is 12.7 Å². The van der Waals surface area contributed by atoms with E-state index in [-0.39, 0.29) is 23.0 Å². The van der Waals surface area contributed by atoms with Gasteiger partial charge in [0, 0.05) is 18.3 Å². The second-order valence-corrected chi connectivity index (χ2v) is 8.75. The zero-order chi connectivity index (χ0) is 22.4. The van der Waals surface area contributed by atoms with Gasteiger partial charge in [0.25, 0.3) is 11.6 Å². The molecule has 1 amide bonds. The van der Waals surface area contributed by atoms with Crippen molar-refractivity contribution in [3.05, 3.63) is 93.8 Å². The first-order chi connectivity index (χ1) is 14.8. The molecule has 2 aromatic carbocycles. The van der Waals surface area contributed by atoms with Crippen molar-refractivity contribution in [3.63, 3.8) is 0 Å². The van der Waals surface area contributed by atoms with Crippen molar-refractivity contribution in [2.45, 2.75) is 6.61 Å². The number of nitrogens with zero attached hydrogens (tertiary/aromatic N) is 3. The third-order valence-corrected chi connectivity index (χ3v) is 5.81. The maximum atomic E-state index is 12.1. The molecule has 3 aromatic rings. The lowest BCUT2D eigenvalue weighted by molar-refractivity contribution is -0.384. The van der Waals surface area contributed by atoms with Crippen LogP contribution in [0.15, 0.2) is 59.8 Å². The SMILES string of the molecule is O=C(NN=Cc1cc(I)c(OCc2cccc([N+](=O)[O-])c2)c(I)c1)c1cccnc1Cl. The topological polar surface area (TPSA) is 107 Å². The predicted molar refractivity (Wildman–Crippen MR) is 134 cm³/mol. The fourth-order valence-electron chi connectivity index (χ4n) is 2.49. The number of nitro benzene ring substituents is 1. The second-order valence-electron chi connectivity index (χ2n) is 6.07. The van der Waals surface area contributed by atoms with Crippen molar-refractivity contribution >= 4 is 74.6 Å². The van der Waals surface area contributed by atoms with Crippen molar-refractivity contribution in [1.29, 1.82) is 0 Å². The lowest BCUT2D eigenvalue weighted by Gasteiger charge is -2.11. The van der Waals surface area contributed by atoms with Crippen LogP contribution in [0, 0.1) is 17.3 Å². The van der Waals surface area contributed by atoms with Gasteiger partial charge in [-0.3, -0.25) is 14.9 Å². The smallest absolute Gasteiger partial charge is 0.274 e. The van der Waals surface area contributed by atoms with Gasteiger partial charge in [0.1, 0.15) is 17.5 Å². The van der Waals surface area contributed by atoms with E-state index in [1.165, 1.54) is 24.5 Å². The molecular formula is C20H13ClI2N4O4. The van der Waals surface area contributed by atoms with E-state index >= 15 is 0 Å². The molecule has 1 aromatic heterocycles. The maximum absolute atomic E-state index is 12.1. The number of carbonyl (C=O) groups excluding carboxylic acids is 1. The Labute approximate surface area is 209 Å². The lowest BCUT2D eigenvalue weighted by atomic mass is 10.2. The van der Waals surface area contributed by atoms with Crippen molar-refractivity contribution in [3.8, 4) is 5.75 Å². The highest BCUT2D eigenvalue weighted by atomic mass is 127. The van der Waals surface area contributed by atoms with Crippen LogP contribution in [0.2, 0.25) is 5.15 Å². The fraction of sp³-hybridized carbons (Fsp3) is 0.0500. The average Bonchev–Trinajstić information content (AvgIpc) is 2.73. The van der Waals surface area contributed by atoms with Crippen LogP contribution in [0.25, 0.3) is 0 Å². The second kappa shape index (κ2) is 10.8. The van der Waals surface area contributed by atoms with Crippen molar-refractivity contribution in [2.24, 2.45) is 5.10 Å². The van der Waals surface area contributed by atoms with E-state index in [4.69, 9.17) is 16.3 Å². The third-order valence-electron chi connectivity index (χ3n) is 3.91. The number of nitrogens with one attached hydrogen (secondary N) is 1. The Morgan fingerprint density at radius 2 is 1.97 bits per heavy atom. The maximum Gasteiger partial charge on any atom is 0.274 e. The first-order valence-corrected chi connectivity index (χ1v) is 11.2. The van der Waals surface area contributed by atoms with E-state index in [1.807, 2.05) is 12.1 Å². The summed E-state index contributed by atoms with van der Waals surface area (Å²) < 4.78 is 7.55. The van der Waals surface area contributed by atoms with E-state index in [9.17, 15) is 14.9 Å². The van der Waals surface area contributed by atoms with E-state index in [2.05, 4.69) is 60.7 Å². The molecule has 0 bridgehead atoms. The van der Waals surface area contributed by atoms with Crippen LogP contribution in [0.3, 0.4) is 0 Å². The summed E-state index contributed by atoms with van der Waals surface area (Å²) >= 11 is 10.2. The summed E-state index contributed by atoms with van der Waals surface area (Å²) in [6.07, 6.45) is 3.01. The normalized spacial score (nSPS) is 10.8. The lowest BCUT2D eigenvalue weighted by Crippen LogP contribution is -2.18. The van der Waals surface area contributed by atoms with E-state index in [0.29, 0.717) is 11.3 Å². The zero-order valence-electron chi connectivity index (χ0n) is 15.6. The molecule has 0 spiro atoms. The Bertz CT molecular complexity index is 1150. The van der Waals surface area contributed by atoms with Crippen molar-refractivity contribution in [2.75, 3.05) is 0 Å². The van der Waals surface area contributed by atoms with Gasteiger partial charge in [0.05, 0.1) is 23.8 Å². The van der Waals surface area contributed by atoms with Gasteiger partial charge in [-0.15, -0.1) is 0 Å². The minimum atomic E-state index is -0.462. The molecule has 8 nitrogen and oxygen atoms in total. The molecular weight excluding hydrogens is 650 g/mol. The summed E-state index contributed by atoms with van der Waals surface area (Å²) in [5.41, 5.74) is 4.13. The monoisotopic (exact) mass is 662 g/mol. The number of nitro groups is 1. The van der Waals surface area contributed by atoms with Crippen LogP contribution in [0.4, 0.5) is 5.69 Å². The molecule has 31 heavy (non-hydrogen) atoms. The Kier molecular flexibility index (Phi) is 8.15. The molecule has 0 radical (unpaired) electrons. The van der Waals surface area contributed by atoms with Crippen LogP contribution in [0.5, 0.6) is 5.75 Å². The fourth-order valence-corrected chi connectivity index (χ4v) is 4.82. The van der Waals surface area contributed by atoms with Gasteiger partial charge >= 0.3 is 0 Å². The molecule has 0 saturated carbocycles. The molecule has 0 aliphatic carbocycles. The molecule has 0 fully saturated rings. The molecule has 0 unspecified atom stereocenters. The number of rotatable bonds is 7. The van der Waals surface area contributed by atoms with Crippen molar-refractivity contribution < 1.29 is 14.5 Å². The Morgan fingerprint density at radius 1 is 1.23 bits per heavy atom. The number of pyridine rings is 1. The van der Waals surface area contributed by atoms with Gasteiger partial charge in [0.2, 0.25) is 0 Å². The van der Waals surface area contributed by atoms with Crippen LogP contribution >= 0.6 is 56.8 Å². The molecule has 158 valence electrons. The number of ether oxygens (including phenoxy) is 1. The minimum Gasteiger partial charge on any atom is -0.487 e. The number of non-ortho nitro benzene ring substituents is 1. The molecule has 0 atom stereocenters. The highest BCUT2D eigenvalue weighted by Crippen LogP contribution is 2.29. The molecule has 1 N–H and O–H groups in total. The van der Waals surface area contributed by atoms with Gasteiger partial charge in [0.15, 0.2) is 0 Å². The highest BCUT2D eigenvalue weighted by Gasteiger charge is 2.12. The molecule has 11 heteroatoms. The predicted octanol–water partition coefficient (Wildman–Crippen LogP) is 5.20. The highest BCUT2D eigenvalue weighted by molar-refractivity contribution is 14.1.